The standard InChI is InChI=1S/C9H12O3S/c10-9(11)5-6-3-7-1-2-8(4-6)13(7)12/h5,7-8H,1-4H2,(H,10,11). The molecule has 2 fully saturated rings. The molecule has 4 heteroatoms. The largest absolute Gasteiger partial charge is 0.478 e. The van der Waals surface area contributed by atoms with Crippen molar-refractivity contribution in [1.82, 2.24) is 0 Å². The molecule has 1 N–H and O–H groups in total. The summed E-state index contributed by atoms with van der Waals surface area (Å²) in [5.41, 5.74) is 0.972. The van der Waals surface area contributed by atoms with E-state index in [9.17, 15) is 9.00 Å². The van der Waals surface area contributed by atoms with Gasteiger partial charge in [-0.3, -0.25) is 4.21 Å². The number of rotatable bonds is 1. The van der Waals surface area contributed by atoms with Crippen molar-refractivity contribution in [3.8, 4) is 0 Å². The summed E-state index contributed by atoms with van der Waals surface area (Å²) in [5, 5.41) is 9.05. The zero-order chi connectivity index (χ0) is 9.42. The molecule has 0 saturated carbocycles. The van der Waals surface area contributed by atoms with Crippen molar-refractivity contribution >= 4 is 16.8 Å². The van der Waals surface area contributed by atoms with E-state index in [2.05, 4.69) is 0 Å². The molecule has 0 aromatic heterocycles. The second-order valence-corrected chi connectivity index (χ2v) is 5.69. The minimum atomic E-state index is -0.873. The SMILES string of the molecule is O=C(O)C=C1CC2CCC(C1)S2=O. The monoisotopic (exact) mass is 200 g/mol. The Balaban J connectivity index is 2.15. The summed E-state index contributed by atoms with van der Waals surface area (Å²) in [7, 11) is -0.688. The van der Waals surface area contributed by atoms with Crippen molar-refractivity contribution in [2.24, 2.45) is 0 Å². The second kappa shape index (κ2) is 3.25. The topological polar surface area (TPSA) is 54.4 Å². The molecule has 0 amide bonds. The molecule has 2 rings (SSSR count). The molecular weight excluding hydrogens is 188 g/mol. The van der Waals surface area contributed by atoms with Crippen molar-refractivity contribution in [2.75, 3.05) is 0 Å². The smallest absolute Gasteiger partial charge is 0.328 e. The first-order valence-electron chi connectivity index (χ1n) is 4.48. The highest BCUT2D eigenvalue weighted by atomic mass is 32.2. The summed E-state index contributed by atoms with van der Waals surface area (Å²) < 4.78 is 11.6. The maximum atomic E-state index is 11.6. The fraction of sp³-hybridized carbons (Fsp3) is 0.667. The highest BCUT2D eigenvalue weighted by molar-refractivity contribution is 7.86. The molecular formula is C9H12O3S. The quantitative estimate of drug-likeness (QED) is 0.644. The van der Waals surface area contributed by atoms with Crippen LogP contribution in [0.5, 0.6) is 0 Å². The Morgan fingerprint density at radius 3 is 2.38 bits per heavy atom. The van der Waals surface area contributed by atoms with Crippen LogP contribution in [0.4, 0.5) is 0 Å². The molecule has 2 aliphatic heterocycles. The van der Waals surface area contributed by atoms with Crippen LogP contribution < -0.4 is 0 Å². The summed E-state index contributed by atoms with van der Waals surface area (Å²) >= 11 is 0. The molecule has 0 spiro atoms. The van der Waals surface area contributed by atoms with E-state index in [4.69, 9.17) is 5.11 Å². The number of hydrogen-bond donors (Lipinski definition) is 1. The van der Waals surface area contributed by atoms with Gasteiger partial charge in [0.2, 0.25) is 0 Å². The predicted octanol–water partition coefficient (Wildman–Crippen LogP) is 1.07. The Hall–Kier alpha value is -0.640. The molecule has 2 heterocycles. The van der Waals surface area contributed by atoms with E-state index < -0.39 is 16.8 Å². The Labute approximate surface area is 79.3 Å². The van der Waals surface area contributed by atoms with Crippen LogP contribution in [0.15, 0.2) is 11.6 Å². The van der Waals surface area contributed by atoms with Crippen LogP contribution in [0, 0.1) is 0 Å². The van der Waals surface area contributed by atoms with Gasteiger partial charge in [0.25, 0.3) is 0 Å². The molecule has 2 aliphatic rings. The van der Waals surface area contributed by atoms with Gasteiger partial charge in [-0.25, -0.2) is 4.79 Å². The number of carboxylic acid groups (broad SMARTS) is 1. The van der Waals surface area contributed by atoms with E-state index in [1.54, 1.807) is 0 Å². The Morgan fingerprint density at radius 2 is 1.92 bits per heavy atom. The number of hydrogen-bond acceptors (Lipinski definition) is 2. The van der Waals surface area contributed by atoms with Gasteiger partial charge in [0.1, 0.15) is 0 Å². The van der Waals surface area contributed by atoms with Gasteiger partial charge >= 0.3 is 5.97 Å². The molecule has 13 heavy (non-hydrogen) atoms. The third-order valence-corrected chi connectivity index (χ3v) is 4.89. The molecule has 3 nitrogen and oxygen atoms in total. The van der Waals surface area contributed by atoms with E-state index in [0.29, 0.717) is 0 Å². The zero-order valence-corrected chi connectivity index (χ0v) is 8.05. The van der Waals surface area contributed by atoms with Crippen LogP contribution in [-0.4, -0.2) is 25.8 Å². The number of aliphatic carboxylic acids is 1. The predicted molar refractivity (Wildman–Crippen MR) is 49.9 cm³/mol. The van der Waals surface area contributed by atoms with Crippen molar-refractivity contribution in [2.45, 2.75) is 36.2 Å². The van der Waals surface area contributed by atoms with Crippen molar-refractivity contribution in [3.05, 3.63) is 11.6 Å². The minimum absolute atomic E-state index is 0.240. The van der Waals surface area contributed by atoms with Gasteiger partial charge in [-0.2, -0.15) is 0 Å². The van der Waals surface area contributed by atoms with Crippen LogP contribution in [-0.2, 0) is 15.6 Å². The number of allylic oxidation sites excluding steroid dienone is 1. The van der Waals surface area contributed by atoms with Crippen LogP contribution in [0.25, 0.3) is 0 Å². The zero-order valence-electron chi connectivity index (χ0n) is 7.23. The van der Waals surface area contributed by atoms with E-state index in [1.165, 1.54) is 6.08 Å². The van der Waals surface area contributed by atoms with Gasteiger partial charge < -0.3 is 5.11 Å². The second-order valence-electron chi connectivity index (χ2n) is 3.70. The number of carboxylic acids is 1. The average molecular weight is 200 g/mol. The lowest BCUT2D eigenvalue weighted by Gasteiger charge is -2.20. The normalized spacial score (nSPS) is 37.5. The van der Waals surface area contributed by atoms with E-state index >= 15 is 0 Å². The first-order valence-corrected chi connectivity index (χ1v) is 5.76. The molecule has 0 radical (unpaired) electrons. The van der Waals surface area contributed by atoms with Crippen LogP contribution >= 0.6 is 0 Å². The van der Waals surface area contributed by atoms with Crippen LogP contribution in [0.2, 0.25) is 0 Å². The number of carbonyl (C=O) groups is 1. The van der Waals surface area contributed by atoms with E-state index in [0.717, 1.165) is 31.3 Å². The lowest BCUT2D eigenvalue weighted by atomic mass is 10.1. The molecule has 72 valence electrons. The molecule has 2 atom stereocenters. The molecule has 2 saturated heterocycles. The van der Waals surface area contributed by atoms with Crippen molar-refractivity contribution < 1.29 is 14.1 Å². The van der Waals surface area contributed by atoms with Gasteiger partial charge in [-0.1, -0.05) is 5.57 Å². The van der Waals surface area contributed by atoms with Crippen molar-refractivity contribution in [1.29, 1.82) is 0 Å². The van der Waals surface area contributed by atoms with Gasteiger partial charge in [0.05, 0.1) is 0 Å². The summed E-state index contributed by atoms with van der Waals surface area (Å²) in [6, 6.07) is 0. The van der Waals surface area contributed by atoms with Gasteiger partial charge in [-0.05, 0) is 25.7 Å². The first kappa shape index (κ1) is 8.94. The first-order chi connectivity index (χ1) is 6.16. The van der Waals surface area contributed by atoms with Crippen LogP contribution in [0.1, 0.15) is 25.7 Å². The van der Waals surface area contributed by atoms with E-state index in [-0.39, 0.29) is 10.5 Å². The summed E-state index contributed by atoms with van der Waals surface area (Å²) in [6.45, 7) is 0. The third-order valence-electron chi connectivity index (χ3n) is 2.78. The summed E-state index contributed by atoms with van der Waals surface area (Å²) in [6.07, 6.45) is 4.77. The van der Waals surface area contributed by atoms with Crippen molar-refractivity contribution in [3.63, 3.8) is 0 Å². The van der Waals surface area contributed by atoms with Gasteiger partial charge in [0, 0.05) is 27.4 Å². The molecule has 0 aliphatic carbocycles. The third kappa shape index (κ3) is 1.68. The minimum Gasteiger partial charge on any atom is -0.478 e. The molecule has 0 aromatic carbocycles. The van der Waals surface area contributed by atoms with Gasteiger partial charge in [0.15, 0.2) is 0 Å². The summed E-state index contributed by atoms with van der Waals surface area (Å²) in [4.78, 5) is 10.4. The molecule has 0 aromatic rings. The van der Waals surface area contributed by atoms with E-state index in [1.807, 2.05) is 0 Å². The van der Waals surface area contributed by atoms with Crippen LogP contribution in [0.3, 0.4) is 0 Å². The van der Waals surface area contributed by atoms with Gasteiger partial charge in [-0.15, -0.1) is 0 Å². The maximum absolute atomic E-state index is 11.6. The fourth-order valence-corrected chi connectivity index (χ4v) is 4.24. The molecule has 2 unspecified atom stereocenters. The number of fused-ring (bicyclic) bond motifs is 2. The highest BCUT2D eigenvalue weighted by Crippen LogP contribution is 2.38. The highest BCUT2D eigenvalue weighted by Gasteiger charge is 2.38. The maximum Gasteiger partial charge on any atom is 0.328 e. The lowest BCUT2D eigenvalue weighted by Crippen LogP contribution is -2.23. The fourth-order valence-electron chi connectivity index (χ4n) is 2.21. The molecule has 2 bridgehead atoms. The lowest BCUT2D eigenvalue weighted by molar-refractivity contribution is -0.131. The Morgan fingerprint density at radius 1 is 1.38 bits per heavy atom. The Bertz CT molecular complexity index is 277. The summed E-state index contributed by atoms with van der Waals surface area (Å²) in [5.74, 6) is -0.873. The Kier molecular flexibility index (Phi) is 2.24. The average Bonchev–Trinajstić information content (AvgIpc) is 2.33.